The minimum atomic E-state index is -0.868. The van der Waals surface area contributed by atoms with Crippen molar-refractivity contribution in [1.29, 1.82) is 0 Å². The number of nitrogens with zero attached hydrogens (tertiary/aromatic N) is 1. The molecule has 0 heterocycles. The molecule has 1 saturated carbocycles. The van der Waals surface area contributed by atoms with Crippen LogP contribution in [-0.2, 0) is 21.3 Å². The number of hydrogen-bond donors (Lipinski definition) is 2. The van der Waals surface area contributed by atoms with Crippen molar-refractivity contribution in [3.8, 4) is 0 Å². The van der Waals surface area contributed by atoms with E-state index in [1.165, 1.54) is 32.1 Å². The van der Waals surface area contributed by atoms with E-state index < -0.39 is 10.8 Å². The first-order valence-corrected chi connectivity index (χ1v) is 11.8. The molecule has 1 unspecified atom stereocenters. The smallest absolute Gasteiger partial charge is 0.191 e. The summed E-state index contributed by atoms with van der Waals surface area (Å²) in [6, 6.07) is 9.99. The molecule has 0 amide bonds. The second kappa shape index (κ2) is 16.2. The van der Waals surface area contributed by atoms with Crippen LogP contribution in [0.3, 0.4) is 0 Å². The predicted octanol–water partition coefficient (Wildman–Crippen LogP) is 3.85. The van der Waals surface area contributed by atoms with Gasteiger partial charge in [0.2, 0.25) is 0 Å². The highest BCUT2D eigenvalue weighted by atomic mass is 127. The van der Waals surface area contributed by atoms with E-state index in [-0.39, 0.29) is 24.0 Å². The Morgan fingerprint density at radius 2 is 1.93 bits per heavy atom. The van der Waals surface area contributed by atoms with Gasteiger partial charge in [0.25, 0.3) is 0 Å². The molecule has 1 aliphatic carbocycles. The average Bonchev–Trinajstić information content (AvgIpc) is 2.69. The maximum Gasteiger partial charge on any atom is 0.191 e. The molecule has 160 valence electrons. The summed E-state index contributed by atoms with van der Waals surface area (Å²) in [4.78, 5) is 4.59. The number of guanidine groups is 1. The SMILES string of the molecule is CCNC(=NCCCOC1CCCCC1)NCCS(=O)Cc1ccccc1.I. The number of halogens is 1. The Labute approximate surface area is 190 Å². The molecule has 28 heavy (non-hydrogen) atoms. The highest BCUT2D eigenvalue weighted by Gasteiger charge is 2.12. The molecular formula is C21H36IN3O2S. The Balaban J connectivity index is 0.00000392. The second-order valence-electron chi connectivity index (χ2n) is 6.95. The van der Waals surface area contributed by atoms with E-state index in [1.54, 1.807) is 0 Å². The van der Waals surface area contributed by atoms with Crippen molar-refractivity contribution >= 4 is 40.7 Å². The lowest BCUT2D eigenvalue weighted by Crippen LogP contribution is -2.39. The van der Waals surface area contributed by atoms with Gasteiger partial charge in [-0.15, -0.1) is 24.0 Å². The third-order valence-corrected chi connectivity index (χ3v) is 5.93. The lowest BCUT2D eigenvalue weighted by atomic mass is 9.98. The summed E-state index contributed by atoms with van der Waals surface area (Å²) < 4.78 is 18.1. The number of rotatable bonds is 11. The molecule has 1 atom stereocenters. The molecular weight excluding hydrogens is 485 g/mol. The van der Waals surface area contributed by atoms with Gasteiger partial charge >= 0.3 is 0 Å². The third-order valence-electron chi connectivity index (χ3n) is 4.62. The van der Waals surface area contributed by atoms with Crippen LogP contribution in [0.15, 0.2) is 35.3 Å². The quantitative estimate of drug-likeness (QED) is 0.201. The second-order valence-corrected chi connectivity index (χ2v) is 8.52. The van der Waals surface area contributed by atoms with Crippen LogP contribution in [-0.4, -0.2) is 48.3 Å². The van der Waals surface area contributed by atoms with Crippen molar-refractivity contribution in [2.75, 3.05) is 32.0 Å². The van der Waals surface area contributed by atoms with Gasteiger partial charge in [0.15, 0.2) is 5.96 Å². The minimum absolute atomic E-state index is 0. The van der Waals surface area contributed by atoms with Gasteiger partial charge in [-0.2, -0.15) is 0 Å². The molecule has 0 bridgehead atoms. The number of ether oxygens (including phenoxy) is 1. The topological polar surface area (TPSA) is 62.7 Å². The zero-order chi connectivity index (χ0) is 19.2. The average molecular weight is 522 g/mol. The fourth-order valence-electron chi connectivity index (χ4n) is 3.19. The van der Waals surface area contributed by atoms with Crippen LogP contribution >= 0.6 is 24.0 Å². The van der Waals surface area contributed by atoms with Crippen molar-refractivity contribution in [2.45, 2.75) is 57.3 Å². The van der Waals surface area contributed by atoms with E-state index in [0.717, 1.165) is 37.6 Å². The van der Waals surface area contributed by atoms with E-state index in [0.29, 0.717) is 24.2 Å². The van der Waals surface area contributed by atoms with Crippen LogP contribution < -0.4 is 10.6 Å². The maximum atomic E-state index is 12.2. The molecule has 0 aromatic heterocycles. The molecule has 0 saturated heterocycles. The molecule has 7 heteroatoms. The lowest BCUT2D eigenvalue weighted by Gasteiger charge is -2.21. The van der Waals surface area contributed by atoms with E-state index >= 15 is 0 Å². The molecule has 1 aliphatic rings. The van der Waals surface area contributed by atoms with Gasteiger partial charge < -0.3 is 15.4 Å². The van der Waals surface area contributed by atoms with Crippen molar-refractivity contribution in [2.24, 2.45) is 4.99 Å². The van der Waals surface area contributed by atoms with Gasteiger partial charge in [0.1, 0.15) is 0 Å². The summed E-state index contributed by atoms with van der Waals surface area (Å²) in [6.07, 6.45) is 7.81. The maximum absolute atomic E-state index is 12.2. The fraction of sp³-hybridized carbons (Fsp3) is 0.667. The summed E-state index contributed by atoms with van der Waals surface area (Å²) in [5.41, 5.74) is 1.12. The Morgan fingerprint density at radius 3 is 2.64 bits per heavy atom. The molecule has 0 aliphatic heterocycles. The van der Waals surface area contributed by atoms with Crippen LogP contribution in [0.2, 0.25) is 0 Å². The van der Waals surface area contributed by atoms with Crippen molar-refractivity contribution < 1.29 is 8.95 Å². The van der Waals surface area contributed by atoms with Gasteiger partial charge in [0, 0.05) is 48.5 Å². The first-order chi connectivity index (χ1) is 13.3. The Kier molecular flexibility index (Phi) is 14.6. The first-order valence-electron chi connectivity index (χ1n) is 10.3. The standard InChI is InChI=1S/C21H35N3O2S.HI/c1-2-22-21(23-14-9-16-26-20-12-7-4-8-13-20)24-15-17-27(25)18-19-10-5-3-6-11-19;/h3,5-6,10-11,20H,2,4,7-9,12-18H2,1H3,(H2,22,23,24);1H. The Bertz CT molecular complexity index is 566. The largest absolute Gasteiger partial charge is 0.378 e. The number of hydrogen-bond acceptors (Lipinski definition) is 3. The van der Waals surface area contributed by atoms with Gasteiger partial charge in [-0.05, 0) is 31.7 Å². The molecule has 1 aromatic rings. The molecule has 0 radical (unpaired) electrons. The van der Waals surface area contributed by atoms with Crippen LogP contribution in [0.5, 0.6) is 0 Å². The number of nitrogens with one attached hydrogen (secondary N) is 2. The summed E-state index contributed by atoms with van der Waals surface area (Å²) in [7, 11) is -0.868. The molecule has 1 aromatic carbocycles. The zero-order valence-electron chi connectivity index (χ0n) is 17.0. The normalized spacial score (nSPS) is 16.2. The summed E-state index contributed by atoms with van der Waals surface area (Å²) in [6.45, 7) is 5.06. The van der Waals surface area contributed by atoms with Gasteiger partial charge in [-0.1, -0.05) is 49.6 Å². The van der Waals surface area contributed by atoms with E-state index in [9.17, 15) is 4.21 Å². The minimum Gasteiger partial charge on any atom is -0.378 e. The van der Waals surface area contributed by atoms with Crippen LogP contribution in [0.1, 0.15) is 51.0 Å². The highest BCUT2D eigenvalue weighted by Crippen LogP contribution is 2.20. The molecule has 1 fully saturated rings. The van der Waals surface area contributed by atoms with Crippen LogP contribution in [0.25, 0.3) is 0 Å². The number of aliphatic imine (C=N–C) groups is 1. The predicted molar refractivity (Wildman–Crippen MR) is 130 cm³/mol. The Morgan fingerprint density at radius 1 is 1.18 bits per heavy atom. The molecule has 5 nitrogen and oxygen atoms in total. The Hall–Kier alpha value is -0.670. The monoisotopic (exact) mass is 521 g/mol. The van der Waals surface area contributed by atoms with Gasteiger partial charge in [0.05, 0.1) is 6.10 Å². The molecule has 2 N–H and O–H groups in total. The highest BCUT2D eigenvalue weighted by molar-refractivity contribution is 14.0. The van der Waals surface area contributed by atoms with Crippen molar-refractivity contribution in [1.82, 2.24) is 10.6 Å². The van der Waals surface area contributed by atoms with E-state index in [1.807, 2.05) is 30.3 Å². The van der Waals surface area contributed by atoms with Crippen LogP contribution in [0, 0.1) is 0 Å². The lowest BCUT2D eigenvalue weighted by molar-refractivity contribution is 0.0281. The van der Waals surface area contributed by atoms with Crippen molar-refractivity contribution in [3.63, 3.8) is 0 Å². The first kappa shape index (κ1) is 25.4. The summed E-state index contributed by atoms with van der Waals surface area (Å²) >= 11 is 0. The van der Waals surface area contributed by atoms with Crippen LogP contribution in [0.4, 0.5) is 0 Å². The molecule has 2 rings (SSSR count). The van der Waals surface area contributed by atoms with E-state index in [4.69, 9.17) is 4.74 Å². The zero-order valence-corrected chi connectivity index (χ0v) is 20.2. The van der Waals surface area contributed by atoms with Gasteiger partial charge in [-0.3, -0.25) is 9.20 Å². The summed E-state index contributed by atoms with van der Waals surface area (Å²) in [5.74, 6) is 2.02. The van der Waals surface area contributed by atoms with E-state index in [2.05, 4.69) is 22.5 Å². The van der Waals surface area contributed by atoms with Crippen molar-refractivity contribution in [3.05, 3.63) is 35.9 Å². The fourth-order valence-corrected chi connectivity index (χ4v) is 4.23. The number of benzene rings is 1. The van der Waals surface area contributed by atoms with Gasteiger partial charge in [-0.25, -0.2) is 0 Å². The summed E-state index contributed by atoms with van der Waals surface area (Å²) in [5, 5.41) is 6.53. The molecule has 0 spiro atoms. The third kappa shape index (κ3) is 11.4.